The second-order valence-corrected chi connectivity index (χ2v) is 6.59. The van der Waals surface area contributed by atoms with E-state index in [4.69, 9.17) is 16.1 Å². The van der Waals surface area contributed by atoms with Crippen LogP contribution in [-0.2, 0) is 11.2 Å². The van der Waals surface area contributed by atoms with E-state index in [1.165, 1.54) is 4.90 Å². The normalized spacial score (nSPS) is 15.7. The highest BCUT2D eigenvalue weighted by Crippen LogP contribution is 2.25. The van der Waals surface area contributed by atoms with Gasteiger partial charge < -0.3 is 14.3 Å². The van der Waals surface area contributed by atoms with Crippen LogP contribution >= 0.6 is 11.6 Å². The van der Waals surface area contributed by atoms with Gasteiger partial charge in [-0.3, -0.25) is 4.79 Å². The fraction of sp³-hybridized carbons (Fsp3) is 0.471. The molecule has 0 atom stereocenters. The molecule has 2 aromatic rings. The first kappa shape index (κ1) is 16.9. The number of carbonyl (C=O) groups excluding carboxylic acids is 1. The number of rotatable bonds is 5. The lowest BCUT2D eigenvalue weighted by atomic mass is 10.2. The summed E-state index contributed by atoms with van der Waals surface area (Å²) in [6.45, 7) is 3.75. The van der Waals surface area contributed by atoms with Gasteiger partial charge >= 0.3 is 0 Å². The highest BCUT2D eigenvalue weighted by molar-refractivity contribution is 6.33. The SMILES string of the molecule is C[NH+]1CCN(C(=O)CCCc2nc(-c3ccccc3Cl)no2)CC1. The molecule has 0 spiro atoms. The summed E-state index contributed by atoms with van der Waals surface area (Å²) >= 11 is 6.14. The summed E-state index contributed by atoms with van der Waals surface area (Å²) in [5.74, 6) is 1.25. The average molecular weight is 350 g/mol. The van der Waals surface area contributed by atoms with E-state index in [1.807, 2.05) is 23.1 Å². The maximum absolute atomic E-state index is 12.2. The monoisotopic (exact) mass is 349 g/mol. The summed E-state index contributed by atoms with van der Waals surface area (Å²) in [5, 5.41) is 4.57. The smallest absolute Gasteiger partial charge is 0.226 e. The fourth-order valence-electron chi connectivity index (χ4n) is 2.80. The molecule has 1 aliphatic heterocycles. The van der Waals surface area contributed by atoms with Crippen LogP contribution in [0.1, 0.15) is 18.7 Å². The third kappa shape index (κ3) is 4.13. The first-order valence-electron chi connectivity index (χ1n) is 8.30. The van der Waals surface area contributed by atoms with Crippen molar-refractivity contribution >= 4 is 17.5 Å². The van der Waals surface area contributed by atoms with Crippen LogP contribution in [0, 0.1) is 0 Å². The zero-order valence-electron chi connectivity index (χ0n) is 13.8. The van der Waals surface area contributed by atoms with Crippen molar-refractivity contribution in [2.75, 3.05) is 33.2 Å². The largest absolute Gasteiger partial charge is 0.339 e. The maximum atomic E-state index is 12.2. The Hall–Kier alpha value is -1.92. The van der Waals surface area contributed by atoms with Crippen molar-refractivity contribution < 1.29 is 14.2 Å². The van der Waals surface area contributed by atoms with E-state index in [0.717, 1.165) is 31.7 Å². The minimum Gasteiger partial charge on any atom is -0.339 e. The lowest BCUT2D eigenvalue weighted by Crippen LogP contribution is -3.12. The molecule has 3 rings (SSSR count). The van der Waals surface area contributed by atoms with Crippen LogP contribution in [0.5, 0.6) is 0 Å². The molecular formula is C17H22ClN4O2+. The van der Waals surface area contributed by atoms with Gasteiger partial charge in [0.25, 0.3) is 0 Å². The van der Waals surface area contributed by atoms with Crippen molar-refractivity contribution in [1.82, 2.24) is 15.0 Å². The summed E-state index contributed by atoms with van der Waals surface area (Å²) in [5.41, 5.74) is 0.755. The van der Waals surface area contributed by atoms with Gasteiger partial charge in [0.15, 0.2) is 0 Å². The Morgan fingerprint density at radius 1 is 1.33 bits per heavy atom. The van der Waals surface area contributed by atoms with Gasteiger partial charge in [-0.2, -0.15) is 4.98 Å². The molecule has 0 aliphatic carbocycles. The van der Waals surface area contributed by atoms with Crippen LogP contribution < -0.4 is 4.90 Å². The molecule has 2 heterocycles. The van der Waals surface area contributed by atoms with Gasteiger partial charge in [-0.25, -0.2) is 0 Å². The number of hydrogen-bond donors (Lipinski definition) is 1. The lowest BCUT2D eigenvalue weighted by molar-refractivity contribution is -0.883. The van der Waals surface area contributed by atoms with E-state index in [0.29, 0.717) is 36.0 Å². The molecule has 0 saturated carbocycles. The Balaban J connectivity index is 1.49. The number of nitrogens with zero attached hydrogens (tertiary/aromatic N) is 3. The fourth-order valence-corrected chi connectivity index (χ4v) is 3.02. The minimum absolute atomic E-state index is 0.216. The van der Waals surface area contributed by atoms with Crippen LogP contribution in [0.2, 0.25) is 5.02 Å². The highest BCUT2D eigenvalue weighted by Gasteiger charge is 2.21. The first-order chi connectivity index (χ1) is 11.6. The molecule has 0 unspecified atom stereocenters. The van der Waals surface area contributed by atoms with Crippen LogP contribution in [0.25, 0.3) is 11.4 Å². The summed E-state index contributed by atoms with van der Waals surface area (Å²) in [7, 11) is 2.16. The van der Waals surface area contributed by atoms with E-state index in [1.54, 1.807) is 6.07 Å². The molecule has 1 aliphatic rings. The van der Waals surface area contributed by atoms with E-state index >= 15 is 0 Å². The molecular weight excluding hydrogens is 328 g/mol. The number of carbonyl (C=O) groups is 1. The van der Waals surface area contributed by atoms with Crippen molar-refractivity contribution in [2.45, 2.75) is 19.3 Å². The molecule has 1 saturated heterocycles. The Labute approximate surface area is 146 Å². The predicted molar refractivity (Wildman–Crippen MR) is 90.9 cm³/mol. The van der Waals surface area contributed by atoms with Crippen LogP contribution in [-0.4, -0.2) is 54.2 Å². The van der Waals surface area contributed by atoms with E-state index in [-0.39, 0.29) is 5.91 Å². The standard InChI is InChI=1S/C17H21ClN4O2/c1-21-9-11-22(12-10-21)16(23)8-4-7-15-19-17(20-24-15)13-5-2-3-6-14(13)18/h2-3,5-6H,4,7-12H2,1H3/p+1. The zero-order valence-corrected chi connectivity index (χ0v) is 14.6. The van der Waals surface area contributed by atoms with E-state index in [9.17, 15) is 4.79 Å². The second-order valence-electron chi connectivity index (χ2n) is 6.18. The number of halogens is 1. The number of benzene rings is 1. The minimum atomic E-state index is 0.216. The molecule has 0 radical (unpaired) electrons. The zero-order chi connectivity index (χ0) is 16.9. The van der Waals surface area contributed by atoms with Gasteiger partial charge in [0.2, 0.25) is 17.6 Å². The van der Waals surface area contributed by atoms with Crippen molar-refractivity contribution in [3.05, 3.63) is 35.2 Å². The van der Waals surface area contributed by atoms with Gasteiger partial charge in [0.1, 0.15) is 0 Å². The molecule has 0 bridgehead atoms. The van der Waals surface area contributed by atoms with Crippen molar-refractivity contribution in [1.29, 1.82) is 0 Å². The third-order valence-electron chi connectivity index (χ3n) is 4.33. The van der Waals surface area contributed by atoms with Crippen molar-refractivity contribution in [3.63, 3.8) is 0 Å². The van der Waals surface area contributed by atoms with Gasteiger partial charge in [-0.15, -0.1) is 0 Å². The van der Waals surface area contributed by atoms with Gasteiger partial charge in [-0.1, -0.05) is 28.9 Å². The first-order valence-corrected chi connectivity index (χ1v) is 8.68. The molecule has 128 valence electrons. The van der Waals surface area contributed by atoms with Gasteiger partial charge in [-0.05, 0) is 18.6 Å². The van der Waals surface area contributed by atoms with Crippen molar-refractivity contribution in [3.8, 4) is 11.4 Å². The Kier molecular flexibility index (Phi) is 5.48. The highest BCUT2D eigenvalue weighted by atomic mass is 35.5. The Bertz CT molecular complexity index is 695. The average Bonchev–Trinajstić information content (AvgIpc) is 3.04. The number of piperazine rings is 1. The Morgan fingerprint density at radius 2 is 2.08 bits per heavy atom. The summed E-state index contributed by atoms with van der Waals surface area (Å²) in [4.78, 5) is 20.0. The van der Waals surface area contributed by atoms with Crippen molar-refractivity contribution in [2.24, 2.45) is 0 Å². The predicted octanol–water partition coefficient (Wildman–Crippen LogP) is 1.07. The number of amides is 1. The quantitative estimate of drug-likeness (QED) is 0.877. The van der Waals surface area contributed by atoms with Crippen LogP contribution in [0.4, 0.5) is 0 Å². The third-order valence-corrected chi connectivity index (χ3v) is 4.66. The van der Waals surface area contributed by atoms with Crippen LogP contribution in [0.3, 0.4) is 0 Å². The summed E-state index contributed by atoms with van der Waals surface area (Å²) < 4.78 is 5.27. The molecule has 1 fully saturated rings. The molecule has 6 nitrogen and oxygen atoms in total. The summed E-state index contributed by atoms with van der Waals surface area (Å²) in [6.07, 6.45) is 1.83. The van der Waals surface area contributed by atoms with Gasteiger partial charge in [0.05, 0.1) is 38.2 Å². The number of quaternary nitrogens is 1. The Morgan fingerprint density at radius 3 is 2.83 bits per heavy atom. The molecule has 1 aromatic heterocycles. The number of likely N-dealkylation sites (N-methyl/N-ethyl adjacent to an activating group) is 1. The van der Waals surface area contributed by atoms with E-state index < -0.39 is 0 Å². The second kappa shape index (κ2) is 7.77. The topological polar surface area (TPSA) is 63.7 Å². The number of aryl methyl sites for hydroxylation is 1. The van der Waals surface area contributed by atoms with E-state index in [2.05, 4.69) is 17.2 Å². The van der Waals surface area contributed by atoms with Gasteiger partial charge in [0, 0.05) is 18.4 Å². The number of hydrogen-bond acceptors (Lipinski definition) is 4. The molecule has 1 amide bonds. The molecule has 1 aromatic carbocycles. The number of nitrogens with one attached hydrogen (secondary N) is 1. The maximum Gasteiger partial charge on any atom is 0.226 e. The van der Waals surface area contributed by atoms with Crippen LogP contribution in [0.15, 0.2) is 28.8 Å². The number of aromatic nitrogens is 2. The lowest BCUT2D eigenvalue weighted by Gasteiger charge is -2.30. The molecule has 7 heteroatoms. The molecule has 1 N–H and O–H groups in total. The molecule has 24 heavy (non-hydrogen) atoms. The summed E-state index contributed by atoms with van der Waals surface area (Å²) in [6, 6.07) is 7.39.